The van der Waals surface area contributed by atoms with Crippen molar-refractivity contribution in [2.24, 2.45) is 0 Å². The maximum atomic E-state index is 12.7. The monoisotopic (exact) mass is 337 g/mol. The molecular formula is C13H11N3O4S2. The third-order valence-electron chi connectivity index (χ3n) is 3.15. The second-order valence-electron chi connectivity index (χ2n) is 4.58. The Hall–Kier alpha value is -2.07. The summed E-state index contributed by atoms with van der Waals surface area (Å²) >= 11 is 1.17. The highest BCUT2D eigenvalue weighted by Crippen LogP contribution is 2.37. The molecule has 1 aromatic heterocycles. The van der Waals surface area contributed by atoms with Gasteiger partial charge in [0.15, 0.2) is 10.9 Å². The molecule has 2 N–H and O–H groups in total. The lowest BCUT2D eigenvalue weighted by atomic mass is 10.1. The van der Waals surface area contributed by atoms with Crippen molar-refractivity contribution in [2.75, 3.05) is 12.4 Å². The van der Waals surface area contributed by atoms with E-state index in [4.69, 9.17) is 0 Å². The van der Waals surface area contributed by atoms with Gasteiger partial charge < -0.3 is 10.3 Å². The van der Waals surface area contributed by atoms with Crippen LogP contribution >= 0.6 is 11.3 Å². The first kappa shape index (κ1) is 14.9. The van der Waals surface area contributed by atoms with Gasteiger partial charge in [0.25, 0.3) is 5.70 Å². The van der Waals surface area contributed by atoms with E-state index in [0.717, 1.165) is 7.05 Å². The van der Waals surface area contributed by atoms with Crippen LogP contribution in [0.5, 0.6) is 0 Å². The van der Waals surface area contributed by atoms with Crippen LogP contribution in [0.25, 0.3) is 5.76 Å². The van der Waals surface area contributed by atoms with E-state index in [2.05, 4.69) is 10.3 Å². The van der Waals surface area contributed by atoms with Crippen LogP contribution in [-0.4, -0.2) is 31.3 Å². The van der Waals surface area contributed by atoms with Crippen molar-refractivity contribution in [3.8, 4) is 0 Å². The summed E-state index contributed by atoms with van der Waals surface area (Å²) in [6.07, 6.45) is 1.49. The van der Waals surface area contributed by atoms with Gasteiger partial charge in [0.2, 0.25) is 11.0 Å². The number of nitrogens with one attached hydrogen (secondary N) is 1. The largest absolute Gasteiger partial charge is 0.613 e. The zero-order valence-corrected chi connectivity index (χ0v) is 13.0. The molecule has 2 atom stereocenters. The summed E-state index contributed by atoms with van der Waals surface area (Å²) in [6, 6.07) is 6.25. The molecule has 2 heterocycles. The predicted octanol–water partition coefficient (Wildman–Crippen LogP) is 1.99. The molecule has 1 aromatic carbocycles. The lowest BCUT2D eigenvalue weighted by Crippen LogP contribution is -2.46. The number of benzene rings is 1. The number of hydrogen-bond donors (Lipinski definition) is 2. The van der Waals surface area contributed by atoms with Crippen LogP contribution in [0.1, 0.15) is 5.56 Å². The summed E-state index contributed by atoms with van der Waals surface area (Å²) in [5.41, 5.74) is -0.288. The van der Waals surface area contributed by atoms with Crippen LogP contribution in [0.15, 0.2) is 46.4 Å². The van der Waals surface area contributed by atoms with Crippen LogP contribution in [0, 0.1) is 5.21 Å². The summed E-state index contributed by atoms with van der Waals surface area (Å²) in [6.45, 7) is 0. The number of rotatable bonds is 2. The summed E-state index contributed by atoms with van der Waals surface area (Å²) in [4.78, 5) is 16.4. The van der Waals surface area contributed by atoms with E-state index in [-0.39, 0.29) is 15.6 Å². The van der Waals surface area contributed by atoms with Crippen LogP contribution < -0.4 is 5.32 Å². The van der Waals surface area contributed by atoms with E-state index in [1.165, 1.54) is 29.7 Å². The van der Waals surface area contributed by atoms with Gasteiger partial charge in [0, 0.05) is 17.1 Å². The summed E-state index contributed by atoms with van der Waals surface area (Å²) in [5.74, 6) is -1.30. The number of hydrogen-bond acceptors (Lipinski definition) is 6. The van der Waals surface area contributed by atoms with Crippen LogP contribution in [0.2, 0.25) is 0 Å². The Morgan fingerprint density at radius 3 is 2.86 bits per heavy atom. The fourth-order valence-corrected chi connectivity index (χ4v) is 3.92. The van der Waals surface area contributed by atoms with Gasteiger partial charge in [0.05, 0.1) is 7.05 Å². The molecular weight excluding hydrogens is 326 g/mol. The molecule has 0 radical (unpaired) electrons. The third-order valence-corrected chi connectivity index (χ3v) is 5.38. The molecule has 0 spiro atoms. The number of aliphatic hydroxyl groups excluding tert-OH is 1. The molecule has 1 aliphatic rings. The second-order valence-corrected chi connectivity index (χ2v) is 7.11. The Bertz CT molecular complexity index is 799. The SMILES string of the molecule is C[N+]1([O-])C(C(=O)Nc2nccs2)=C(O)c2ccccc2S1=O. The minimum Gasteiger partial charge on any atom is -0.613 e. The highest BCUT2D eigenvalue weighted by atomic mass is 32.2. The number of likely N-dealkylation sites (N-methyl/N-ethyl adjacent to an activating group) is 1. The number of quaternary nitrogens is 1. The molecule has 0 aliphatic carbocycles. The molecule has 0 saturated heterocycles. The molecule has 0 saturated carbocycles. The van der Waals surface area contributed by atoms with Crippen molar-refractivity contribution in [1.82, 2.24) is 4.98 Å². The molecule has 1 aliphatic heterocycles. The van der Waals surface area contributed by atoms with Gasteiger partial charge in [-0.25, -0.2) is 9.04 Å². The zero-order chi connectivity index (χ0) is 15.9. The van der Waals surface area contributed by atoms with Crippen molar-refractivity contribution < 1.29 is 18.2 Å². The topological polar surface area (TPSA) is 102 Å². The summed E-state index contributed by atoms with van der Waals surface area (Å²) in [5, 5.41) is 27.4. The summed E-state index contributed by atoms with van der Waals surface area (Å²) in [7, 11) is -0.990. The maximum absolute atomic E-state index is 12.7. The van der Waals surface area contributed by atoms with Gasteiger partial charge in [-0.2, -0.15) is 4.21 Å². The molecule has 2 unspecified atom stereocenters. The van der Waals surface area contributed by atoms with E-state index in [9.17, 15) is 19.3 Å². The van der Waals surface area contributed by atoms with E-state index in [1.54, 1.807) is 17.5 Å². The Balaban J connectivity index is 2.11. The van der Waals surface area contributed by atoms with Crippen molar-refractivity contribution in [1.29, 1.82) is 0 Å². The molecule has 7 nitrogen and oxygen atoms in total. The normalized spacial score (nSPS) is 24.0. The number of amides is 1. The van der Waals surface area contributed by atoms with Crippen LogP contribution in [0.3, 0.4) is 0 Å². The van der Waals surface area contributed by atoms with E-state index < -0.39 is 32.4 Å². The first-order valence-corrected chi connectivity index (χ1v) is 8.15. The van der Waals surface area contributed by atoms with Crippen molar-refractivity contribution in [3.63, 3.8) is 0 Å². The van der Waals surface area contributed by atoms with Gasteiger partial charge in [-0.15, -0.1) is 11.3 Å². The highest BCUT2D eigenvalue weighted by Gasteiger charge is 2.43. The fraction of sp³-hybridized carbons (Fsp3) is 0.0769. The number of thiazole rings is 1. The Morgan fingerprint density at radius 1 is 1.45 bits per heavy atom. The quantitative estimate of drug-likeness (QED) is 0.644. The molecule has 9 heteroatoms. The third kappa shape index (κ3) is 2.24. The minimum absolute atomic E-state index is 0.197. The average Bonchev–Trinajstić information content (AvgIpc) is 2.98. The number of nitrogens with zero attached hydrogens (tertiary/aromatic N) is 2. The first-order valence-electron chi connectivity index (χ1n) is 6.17. The van der Waals surface area contributed by atoms with Crippen molar-refractivity contribution in [3.05, 3.63) is 52.3 Å². The minimum atomic E-state index is -2.06. The van der Waals surface area contributed by atoms with E-state index >= 15 is 0 Å². The van der Waals surface area contributed by atoms with Gasteiger partial charge in [-0.05, 0) is 12.1 Å². The molecule has 3 rings (SSSR count). The Labute approximate surface area is 132 Å². The van der Waals surface area contributed by atoms with E-state index in [1.807, 2.05) is 0 Å². The number of anilines is 1. The first-order chi connectivity index (χ1) is 10.4. The Kier molecular flexibility index (Phi) is 3.57. The number of carbonyl (C=O) groups is 1. The van der Waals surface area contributed by atoms with Crippen molar-refractivity contribution in [2.45, 2.75) is 4.90 Å². The maximum Gasteiger partial charge on any atom is 0.317 e. The lowest BCUT2D eigenvalue weighted by molar-refractivity contribution is -0.675. The molecule has 0 fully saturated rings. The van der Waals surface area contributed by atoms with Gasteiger partial charge in [-0.3, -0.25) is 10.1 Å². The second kappa shape index (κ2) is 5.29. The zero-order valence-electron chi connectivity index (χ0n) is 11.3. The van der Waals surface area contributed by atoms with Crippen LogP contribution in [0.4, 0.5) is 5.13 Å². The van der Waals surface area contributed by atoms with E-state index in [0.29, 0.717) is 0 Å². The molecule has 114 valence electrons. The molecule has 2 aromatic rings. The number of fused-ring (bicyclic) bond motifs is 1. The Morgan fingerprint density at radius 2 is 2.18 bits per heavy atom. The standard InChI is InChI=1S/C13H11N3O4S2/c1-16(19)10(12(18)15-13-14-6-7-21-13)11(17)8-4-2-3-5-9(8)22(16)20/h2-7,17H,1H3,(H,14,15,18). The summed E-state index contributed by atoms with van der Waals surface area (Å²) < 4.78 is 10.9. The number of hydroxylamine groups is 2. The number of carbonyl (C=O) groups excluding carboxylic acids is 1. The fourth-order valence-electron chi connectivity index (χ4n) is 2.14. The molecule has 0 bridgehead atoms. The highest BCUT2D eigenvalue weighted by molar-refractivity contribution is 7.79. The van der Waals surface area contributed by atoms with Gasteiger partial charge in [0.1, 0.15) is 4.90 Å². The smallest absolute Gasteiger partial charge is 0.317 e. The van der Waals surface area contributed by atoms with Gasteiger partial charge >= 0.3 is 5.91 Å². The average molecular weight is 337 g/mol. The number of aromatic nitrogens is 1. The predicted molar refractivity (Wildman–Crippen MR) is 82.7 cm³/mol. The number of aliphatic hydroxyl groups is 1. The lowest BCUT2D eigenvalue weighted by Gasteiger charge is -2.38. The van der Waals surface area contributed by atoms with Crippen LogP contribution in [-0.2, 0) is 15.8 Å². The molecule has 1 amide bonds. The molecule has 22 heavy (non-hydrogen) atoms. The van der Waals surface area contributed by atoms with Gasteiger partial charge in [-0.1, -0.05) is 12.1 Å². The van der Waals surface area contributed by atoms with Crippen molar-refractivity contribution >= 4 is 39.1 Å².